The lowest BCUT2D eigenvalue weighted by Crippen LogP contribution is -2.52. The minimum Gasteiger partial charge on any atom is -0.415 e. The Kier molecular flexibility index (Phi) is 8.92. The van der Waals surface area contributed by atoms with Crippen molar-refractivity contribution in [1.29, 1.82) is 0 Å². The maximum atomic E-state index is 13.9. The number of nitro groups is 1. The Labute approximate surface area is 219 Å². The molecule has 1 aliphatic heterocycles. The summed E-state index contributed by atoms with van der Waals surface area (Å²) >= 11 is 0. The SMILES string of the molecule is C=C[C@H]1C[C@@H](O[Si](C)(C)C(C)(C)C)[C@H](CO[Si](C)(C)C(C)(C)C)N1S(=O)(=O)c1ccc([N+](=O)[O-])cc1. The van der Waals surface area contributed by atoms with Crippen LogP contribution in [0.25, 0.3) is 0 Å². The summed E-state index contributed by atoms with van der Waals surface area (Å²) < 4.78 is 42.7. The van der Waals surface area contributed by atoms with Crippen LogP contribution in [-0.2, 0) is 18.9 Å². The molecule has 0 spiro atoms. The van der Waals surface area contributed by atoms with E-state index in [4.69, 9.17) is 8.85 Å². The molecule has 0 aromatic heterocycles. The number of rotatable bonds is 9. The van der Waals surface area contributed by atoms with Crippen LogP contribution in [0.15, 0.2) is 41.8 Å². The van der Waals surface area contributed by atoms with Crippen molar-refractivity contribution in [3.05, 3.63) is 47.0 Å². The van der Waals surface area contributed by atoms with E-state index in [9.17, 15) is 18.5 Å². The van der Waals surface area contributed by atoms with Crippen LogP contribution in [-0.4, -0.2) is 59.1 Å². The summed E-state index contributed by atoms with van der Waals surface area (Å²) in [6.07, 6.45) is 1.77. The highest BCUT2D eigenvalue weighted by Gasteiger charge is 2.51. The molecule has 0 bridgehead atoms. The first-order valence-electron chi connectivity index (χ1n) is 12.4. The lowest BCUT2D eigenvalue weighted by Gasteiger charge is -2.42. The monoisotopic (exact) mass is 556 g/mol. The second kappa shape index (κ2) is 10.4. The third-order valence-corrected chi connectivity index (χ3v) is 19.1. The Balaban J connectivity index is 2.55. The second-order valence-corrected chi connectivity index (χ2v) is 24.1. The predicted molar refractivity (Wildman–Crippen MR) is 150 cm³/mol. The summed E-state index contributed by atoms with van der Waals surface area (Å²) in [7, 11) is -8.42. The van der Waals surface area contributed by atoms with E-state index in [0.717, 1.165) is 0 Å². The molecule has 0 saturated carbocycles. The van der Waals surface area contributed by atoms with Gasteiger partial charge in [-0.05, 0) is 54.8 Å². The summed E-state index contributed by atoms with van der Waals surface area (Å²) in [6.45, 7) is 25.7. The zero-order chi connectivity index (χ0) is 27.9. The van der Waals surface area contributed by atoms with E-state index in [0.29, 0.717) is 6.42 Å². The number of benzene rings is 1. The van der Waals surface area contributed by atoms with Crippen molar-refractivity contribution in [1.82, 2.24) is 4.31 Å². The summed E-state index contributed by atoms with van der Waals surface area (Å²) in [6, 6.07) is 4.00. The summed E-state index contributed by atoms with van der Waals surface area (Å²) in [5.74, 6) is 0. The average molecular weight is 557 g/mol. The highest BCUT2D eigenvalue weighted by molar-refractivity contribution is 7.89. The van der Waals surface area contributed by atoms with Gasteiger partial charge in [0.1, 0.15) is 0 Å². The molecule has 1 saturated heterocycles. The smallest absolute Gasteiger partial charge is 0.269 e. The van der Waals surface area contributed by atoms with Gasteiger partial charge in [0.25, 0.3) is 5.69 Å². The van der Waals surface area contributed by atoms with E-state index in [2.05, 4.69) is 74.3 Å². The Bertz CT molecular complexity index is 1060. The van der Waals surface area contributed by atoms with Crippen LogP contribution in [0, 0.1) is 10.1 Å². The fraction of sp³-hybridized carbons (Fsp3) is 0.680. The van der Waals surface area contributed by atoms with Crippen molar-refractivity contribution in [3.63, 3.8) is 0 Å². The van der Waals surface area contributed by atoms with E-state index in [1.165, 1.54) is 28.6 Å². The van der Waals surface area contributed by atoms with Crippen molar-refractivity contribution < 1.29 is 22.2 Å². The van der Waals surface area contributed by atoms with Gasteiger partial charge in [0.05, 0.1) is 28.6 Å². The van der Waals surface area contributed by atoms with Gasteiger partial charge in [0.2, 0.25) is 10.0 Å². The Morgan fingerprint density at radius 3 is 1.97 bits per heavy atom. The van der Waals surface area contributed by atoms with Gasteiger partial charge in [0, 0.05) is 18.2 Å². The van der Waals surface area contributed by atoms with Crippen LogP contribution in [0.1, 0.15) is 48.0 Å². The molecule has 204 valence electrons. The summed E-state index contributed by atoms with van der Waals surface area (Å²) in [5.41, 5.74) is -0.160. The standard InChI is InChI=1S/C25H44N2O6SSi2/c1-12-19-17-23(33-36(10,11)25(5,6)7)22(18-32-35(8,9)24(2,3)4)26(19)34(30,31)21-15-13-20(14-16-21)27(28)29/h12-16,19,22-23H,1,17-18H2,2-11H3/t19-,22-,23+/m0/s1. The van der Waals surface area contributed by atoms with E-state index >= 15 is 0 Å². The van der Waals surface area contributed by atoms with Crippen molar-refractivity contribution in [2.75, 3.05) is 6.61 Å². The first kappa shape index (κ1) is 30.8. The van der Waals surface area contributed by atoms with Crippen LogP contribution >= 0.6 is 0 Å². The van der Waals surface area contributed by atoms with Gasteiger partial charge in [-0.3, -0.25) is 10.1 Å². The normalized spacial score (nSPS) is 22.6. The zero-order valence-corrected chi connectivity index (χ0v) is 26.3. The molecule has 1 fully saturated rings. The molecule has 1 aromatic carbocycles. The first-order valence-corrected chi connectivity index (χ1v) is 19.6. The van der Waals surface area contributed by atoms with Gasteiger partial charge < -0.3 is 8.85 Å². The minimum absolute atomic E-state index is 0.00486. The van der Waals surface area contributed by atoms with Crippen molar-refractivity contribution >= 4 is 32.3 Å². The number of nitro benzene ring substituents is 1. The molecule has 2 rings (SSSR count). The largest absolute Gasteiger partial charge is 0.415 e. The van der Waals surface area contributed by atoms with Crippen molar-refractivity contribution in [2.45, 2.75) is 107 Å². The van der Waals surface area contributed by atoms with E-state index in [1.807, 2.05) is 0 Å². The lowest BCUT2D eigenvalue weighted by atomic mass is 10.1. The molecule has 0 amide bonds. The van der Waals surface area contributed by atoms with Crippen LogP contribution in [0.4, 0.5) is 5.69 Å². The molecule has 0 unspecified atom stereocenters. The fourth-order valence-corrected chi connectivity index (χ4v) is 7.89. The maximum Gasteiger partial charge on any atom is 0.269 e. The molecule has 3 atom stereocenters. The quantitative estimate of drug-likeness (QED) is 0.153. The molecule has 0 N–H and O–H groups in total. The molecule has 0 radical (unpaired) electrons. The third kappa shape index (κ3) is 6.36. The molecule has 8 nitrogen and oxygen atoms in total. The van der Waals surface area contributed by atoms with Gasteiger partial charge in [-0.25, -0.2) is 8.42 Å². The summed E-state index contributed by atoms with van der Waals surface area (Å²) in [4.78, 5) is 10.6. The minimum atomic E-state index is -4.01. The van der Waals surface area contributed by atoms with E-state index in [-0.39, 0.29) is 33.4 Å². The van der Waals surface area contributed by atoms with Crippen molar-refractivity contribution in [3.8, 4) is 0 Å². The van der Waals surface area contributed by atoms with Gasteiger partial charge in [-0.2, -0.15) is 4.31 Å². The van der Waals surface area contributed by atoms with E-state index < -0.39 is 43.7 Å². The summed E-state index contributed by atoms with van der Waals surface area (Å²) in [5, 5.41) is 11.0. The highest BCUT2D eigenvalue weighted by Crippen LogP contribution is 2.43. The lowest BCUT2D eigenvalue weighted by molar-refractivity contribution is -0.384. The van der Waals surface area contributed by atoms with Crippen LogP contribution < -0.4 is 0 Å². The van der Waals surface area contributed by atoms with Crippen LogP contribution in [0.3, 0.4) is 0 Å². The third-order valence-electron chi connectivity index (χ3n) is 8.13. The highest BCUT2D eigenvalue weighted by atomic mass is 32.2. The number of sulfonamides is 1. The Hall–Kier alpha value is -1.38. The van der Waals surface area contributed by atoms with Gasteiger partial charge in [-0.15, -0.1) is 6.58 Å². The molecular weight excluding hydrogens is 513 g/mol. The predicted octanol–water partition coefficient (Wildman–Crippen LogP) is 6.32. The number of non-ortho nitro benzene ring substituents is 1. The molecule has 1 heterocycles. The Morgan fingerprint density at radius 2 is 1.56 bits per heavy atom. The Morgan fingerprint density at radius 1 is 1.06 bits per heavy atom. The molecule has 1 aromatic rings. The van der Waals surface area contributed by atoms with Crippen molar-refractivity contribution in [2.24, 2.45) is 0 Å². The van der Waals surface area contributed by atoms with Crippen LogP contribution in [0.2, 0.25) is 36.3 Å². The molecule has 0 aliphatic carbocycles. The average Bonchev–Trinajstić information content (AvgIpc) is 3.08. The number of hydrogen-bond acceptors (Lipinski definition) is 6. The van der Waals surface area contributed by atoms with Gasteiger partial charge in [0.15, 0.2) is 16.6 Å². The van der Waals surface area contributed by atoms with Crippen LogP contribution in [0.5, 0.6) is 0 Å². The molecule has 36 heavy (non-hydrogen) atoms. The molecule has 11 heteroatoms. The van der Waals surface area contributed by atoms with Gasteiger partial charge >= 0.3 is 0 Å². The molecule has 1 aliphatic rings. The number of hydrogen-bond donors (Lipinski definition) is 0. The zero-order valence-electron chi connectivity index (χ0n) is 23.5. The first-order chi connectivity index (χ1) is 16.2. The fourth-order valence-electron chi connectivity index (χ4n) is 3.70. The topological polar surface area (TPSA) is 99.0 Å². The number of nitrogens with zero attached hydrogens (tertiary/aromatic N) is 2. The maximum absolute atomic E-state index is 13.9. The van der Waals surface area contributed by atoms with Gasteiger partial charge in [-0.1, -0.05) is 47.6 Å². The van der Waals surface area contributed by atoms with E-state index in [1.54, 1.807) is 6.08 Å². The second-order valence-electron chi connectivity index (χ2n) is 12.7. The molecular formula is C25H44N2O6SSi2.